The zero-order chi connectivity index (χ0) is 26.8. The second-order valence-electron chi connectivity index (χ2n) is 8.85. The van der Waals surface area contributed by atoms with Gasteiger partial charge in [0, 0.05) is 35.8 Å². The van der Waals surface area contributed by atoms with Gasteiger partial charge in [-0.25, -0.2) is 4.98 Å². The van der Waals surface area contributed by atoms with Gasteiger partial charge >= 0.3 is 0 Å². The lowest BCUT2D eigenvalue weighted by atomic mass is 10.0. The van der Waals surface area contributed by atoms with Gasteiger partial charge in [-0.15, -0.1) is 0 Å². The number of fused-ring (bicyclic) bond motifs is 1. The number of nitrogens with zero attached hydrogens (tertiary/aromatic N) is 4. The van der Waals surface area contributed by atoms with E-state index in [2.05, 4.69) is 10.4 Å². The van der Waals surface area contributed by atoms with Crippen molar-refractivity contribution in [3.8, 4) is 22.8 Å². The third kappa shape index (κ3) is 4.94. The van der Waals surface area contributed by atoms with E-state index in [4.69, 9.17) is 9.72 Å². The van der Waals surface area contributed by atoms with Crippen LogP contribution >= 0.6 is 0 Å². The van der Waals surface area contributed by atoms with Crippen LogP contribution in [0.15, 0.2) is 79.0 Å². The Morgan fingerprint density at radius 3 is 2.55 bits per heavy atom. The first-order valence-electron chi connectivity index (χ1n) is 12.1. The number of ether oxygens (including phenoxy) is 1. The number of anilines is 1. The minimum Gasteiger partial charge on any atom is -0.457 e. The van der Waals surface area contributed by atoms with Crippen molar-refractivity contribution in [1.29, 1.82) is 0 Å². The molecule has 0 spiro atoms. The van der Waals surface area contributed by atoms with Crippen LogP contribution in [0.4, 0.5) is 11.4 Å². The SMILES string of the molecule is CCn1cc(-c2cc(C(=O)Nc3cc(Oc4ccccc4C)cc([N+](=O)[O-])c3)c3ccccc3n2)c(C)n1. The van der Waals surface area contributed by atoms with E-state index in [0.717, 1.165) is 16.8 Å². The normalized spacial score (nSPS) is 10.9. The van der Waals surface area contributed by atoms with E-state index < -0.39 is 10.8 Å². The number of carbonyl (C=O) groups excluding carboxylic acids is 1. The molecule has 1 N–H and O–H groups in total. The number of para-hydroxylation sites is 2. The molecule has 0 fully saturated rings. The molecule has 0 saturated heterocycles. The lowest BCUT2D eigenvalue weighted by molar-refractivity contribution is -0.384. The minimum absolute atomic E-state index is 0.200. The van der Waals surface area contributed by atoms with Crippen molar-refractivity contribution in [1.82, 2.24) is 14.8 Å². The molecule has 0 saturated carbocycles. The highest BCUT2D eigenvalue weighted by molar-refractivity contribution is 6.13. The molecule has 5 aromatic rings. The highest BCUT2D eigenvalue weighted by atomic mass is 16.6. The number of hydrogen-bond acceptors (Lipinski definition) is 6. The number of non-ortho nitro benzene ring substituents is 1. The van der Waals surface area contributed by atoms with Gasteiger partial charge in [-0.1, -0.05) is 36.4 Å². The Morgan fingerprint density at radius 2 is 1.82 bits per heavy atom. The van der Waals surface area contributed by atoms with Crippen LogP contribution in [0.2, 0.25) is 0 Å². The fraction of sp³-hybridized carbons (Fsp3) is 0.138. The number of nitro groups is 1. The number of benzene rings is 3. The summed E-state index contributed by atoms with van der Waals surface area (Å²) in [6.07, 6.45) is 1.91. The second-order valence-corrected chi connectivity index (χ2v) is 8.85. The summed E-state index contributed by atoms with van der Waals surface area (Å²) in [5, 5.41) is 19.6. The molecular weight excluding hydrogens is 482 g/mol. The van der Waals surface area contributed by atoms with Crippen molar-refractivity contribution in [3.63, 3.8) is 0 Å². The number of pyridine rings is 1. The van der Waals surface area contributed by atoms with Crippen molar-refractivity contribution in [2.45, 2.75) is 27.3 Å². The van der Waals surface area contributed by atoms with Crippen molar-refractivity contribution >= 4 is 28.2 Å². The summed E-state index contributed by atoms with van der Waals surface area (Å²) in [7, 11) is 0. The van der Waals surface area contributed by atoms with Gasteiger partial charge in [-0.05, 0) is 44.5 Å². The Balaban J connectivity index is 1.54. The van der Waals surface area contributed by atoms with Crippen molar-refractivity contribution in [2.24, 2.45) is 0 Å². The molecule has 0 atom stereocenters. The number of aromatic nitrogens is 3. The molecule has 2 aromatic heterocycles. The average Bonchev–Trinajstić information content (AvgIpc) is 3.29. The number of hydrogen-bond donors (Lipinski definition) is 1. The molecule has 0 unspecified atom stereocenters. The van der Waals surface area contributed by atoms with Crippen molar-refractivity contribution < 1.29 is 14.5 Å². The first-order valence-corrected chi connectivity index (χ1v) is 12.1. The van der Waals surface area contributed by atoms with E-state index in [-0.39, 0.29) is 17.1 Å². The van der Waals surface area contributed by atoms with E-state index in [1.165, 1.54) is 12.1 Å². The molecule has 9 heteroatoms. The minimum atomic E-state index is -0.519. The molecule has 38 heavy (non-hydrogen) atoms. The topological polar surface area (TPSA) is 112 Å². The zero-order valence-electron chi connectivity index (χ0n) is 21.1. The monoisotopic (exact) mass is 507 g/mol. The zero-order valence-corrected chi connectivity index (χ0v) is 21.1. The largest absolute Gasteiger partial charge is 0.457 e. The standard InChI is InChI=1S/C29H25N5O4/c1-4-33-17-25(19(3)32-33)27-16-24(23-10-6-7-11-26(23)31-27)29(35)30-20-13-21(34(36)37)15-22(14-20)38-28-12-8-5-9-18(28)2/h5-17H,4H2,1-3H3,(H,30,35). The van der Waals surface area contributed by atoms with Crippen LogP contribution in [0, 0.1) is 24.0 Å². The lowest BCUT2D eigenvalue weighted by Crippen LogP contribution is -2.13. The van der Waals surface area contributed by atoms with Gasteiger partial charge in [0.25, 0.3) is 11.6 Å². The number of nitro benzene ring substituents is 1. The number of aryl methyl sites for hydroxylation is 3. The Labute approximate surface area is 218 Å². The van der Waals surface area contributed by atoms with Crippen LogP contribution in [-0.4, -0.2) is 25.6 Å². The van der Waals surface area contributed by atoms with Gasteiger partial charge in [-0.3, -0.25) is 19.6 Å². The summed E-state index contributed by atoms with van der Waals surface area (Å²) in [6.45, 7) is 6.49. The van der Waals surface area contributed by atoms with Crippen LogP contribution in [0.5, 0.6) is 11.5 Å². The molecule has 0 bridgehead atoms. The Hall–Kier alpha value is -5.05. The highest BCUT2D eigenvalue weighted by Gasteiger charge is 2.19. The maximum atomic E-state index is 13.6. The van der Waals surface area contributed by atoms with E-state index >= 15 is 0 Å². The fourth-order valence-electron chi connectivity index (χ4n) is 4.25. The number of amides is 1. The highest BCUT2D eigenvalue weighted by Crippen LogP contribution is 2.32. The third-order valence-electron chi connectivity index (χ3n) is 6.19. The molecule has 2 heterocycles. The van der Waals surface area contributed by atoms with E-state index in [1.807, 2.05) is 74.1 Å². The Morgan fingerprint density at radius 1 is 1.05 bits per heavy atom. The van der Waals surface area contributed by atoms with Gasteiger partial charge in [0.15, 0.2) is 0 Å². The fourth-order valence-corrected chi connectivity index (χ4v) is 4.25. The number of nitrogens with one attached hydrogen (secondary N) is 1. The molecule has 5 rings (SSSR count). The summed E-state index contributed by atoms with van der Waals surface area (Å²) in [5.41, 5.74) is 4.22. The van der Waals surface area contributed by atoms with Crippen molar-refractivity contribution in [2.75, 3.05) is 5.32 Å². The quantitative estimate of drug-likeness (QED) is 0.194. The maximum Gasteiger partial charge on any atom is 0.275 e. The molecule has 0 aliphatic carbocycles. The Kier molecular flexibility index (Phi) is 6.57. The van der Waals surface area contributed by atoms with Gasteiger partial charge < -0.3 is 10.1 Å². The van der Waals surface area contributed by atoms with Gasteiger partial charge in [0.05, 0.1) is 39.1 Å². The lowest BCUT2D eigenvalue weighted by Gasteiger charge is -2.12. The molecule has 3 aromatic carbocycles. The van der Waals surface area contributed by atoms with Crippen LogP contribution in [-0.2, 0) is 6.54 Å². The van der Waals surface area contributed by atoms with Crippen LogP contribution < -0.4 is 10.1 Å². The molecule has 0 radical (unpaired) electrons. The van der Waals surface area contributed by atoms with Crippen LogP contribution in [0.1, 0.15) is 28.5 Å². The Bertz CT molecular complexity index is 1690. The maximum absolute atomic E-state index is 13.6. The summed E-state index contributed by atoms with van der Waals surface area (Å²) < 4.78 is 7.75. The smallest absolute Gasteiger partial charge is 0.275 e. The molecule has 0 aliphatic rings. The molecule has 1 amide bonds. The number of carbonyl (C=O) groups is 1. The van der Waals surface area contributed by atoms with E-state index in [0.29, 0.717) is 34.5 Å². The molecule has 0 aliphatic heterocycles. The molecule has 190 valence electrons. The van der Waals surface area contributed by atoms with E-state index in [9.17, 15) is 14.9 Å². The predicted octanol–water partition coefficient (Wildman–Crippen LogP) is 6.69. The van der Waals surface area contributed by atoms with Gasteiger partial charge in [-0.2, -0.15) is 5.10 Å². The van der Waals surface area contributed by atoms with Gasteiger partial charge in [0.1, 0.15) is 11.5 Å². The predicted molar refractivity (Wildman–Crippen MR) is 146 cm³/mol. The van der Waals surface area contributed by atoms with E-state index in [1.54, 1.807) is 18.2 Å². The summed E-state index contributed by atoms with van der Waals surface area (Å²) >= 11 is 0. The molecular formula is C29H25N5O4. The van der Waals surface area contributed by atoms with Gasteiger partial charge in [0.2, 0.25) is 0 Å². The third-order valence-corrected chi connectivity index (χ3v) is 6.19. The van der Waals surface area contributed by atoms with Crippen LogP contribution in [0.3, 0.4) is 0 Å². The first-order chi connectivity index (χ1) is 18.3. The van der Waals surface area contributed by atoms with Crippen LogP contribution in [0.25, 0.3) is 22.2 Å². The summed E-state index contributed by atoms with van der Waals surface area (Å²) in [5.74, 6) is 0.387. The summed E-state index contributed by atoms with van der Waals surface area (Å²) in [4.78, 5) is 29.5. The average molecular weight is 508 g/mol. The first kappa shape index (κ1) is 24.6. The molecule has 9 nitrogen and oxygen atoms in total. The second kappa shape index (κ2) is 10.1. The number of rotatable bonds is 7. The summed E-state index contributed by atoms with van der Waals surface area (Å²) in [6, 6.07) is 20.7. The van der Waals surface area contributed by atoms with Crippen molar-refractivity contribution in [3.05, 3.63) is 106 Å².